The topological polar surface area (TPSA) is 93.1 Å². The molecule has 2 N–H and O–H groups in total. The van der Waals surface area contributed by atoms with Gasteiger partial charge in [0.1, 0.15) is 5.82 Å². The van der Waals surface area contributed by atoms with Gasteiger partial charge in [-0.15, -0.1) is 0 Å². The highest BCUT2D eigenvalue weighted by molar-refractivity contribution is 7.92. The number of anilines is 2. The molecule has 0 radical (unpaired) electrons. The molecule has 1 amide bonds. The van der Waals surface area contributed by atoms with E-state index in [-0.39, 0.29) is 16.9 Å². The molecule has 0 spiro atoms. The summed E-state index contributed by atoms with van der Waals surface area (Å²) in [6.07, 6.45) is 4.20. The molecule has 0 aliphatic heterocycles. The van der Waals surface area contributed by atoms with Gasteiger partial charge in [0.05, 0.1) is 17.5 Å². The molecule has 0 saturated heterocycles. The minimum Gasteiger partial charge on any atom is -0.307 e. The van der Waals surface area contributed by atoms with Crippen LogP contribution in [0.1, 0.15) is 52.8 Å². The van der Waals surface area contributed by atoms with Crippen molar-refractivity contribution in [3.63, 3.8) is 0 Å². The van der Waals surface area contributed by atoms with Crippen molar-refractivity contribution < 1.29 is 13.2 Å². The van der Waals surface area contributed by atoms with E-state index in [1.54, 1.807) is 30.3 Å². The Hall–Kier alpha value is -2.61. The smallest absolute Gasteiger partial charge is 0.249 e. The molecule has 0 fully saturated rings. The highest BCUT2D eigenvalue weighted by Crippen LogP contribution is 2.28. The lowest BCUT2D eigenvalue weighted by Crippen LogP contribution is -2.27. The molecule has 7 nitrogen and oxygen atoms in total. The van der Waals surface area contributed by atoms with Crippen molar-refractivity contribution in [3.8, 4) is 0 Å². The Bertz CT molecular complexity index is 1010. The maximum absolute atomic E-state index is 12.4. The number of carbonyl (C=O) groups is 1. The lowest BCUT2D eigenvalue weighted by molar-refractivity contribution is -0.111. The Morgan fingerprint density at radius 2 is 1.66 bits per heavy atom. The van der Waals surface area contributed by atoms with Gasteiger partial charge in [-0.3, -0.25) is 9.52 Å². The first-order chi connectivity index (χ1) is 13.1. The van der Waals surface area contributed by atoms with Crippen LogP contribution in [0.5, 0.6) is 0 Å². The molecule has 8 heteroatoms. The lowest BCUT2D eigenvalue weighted by atomic mass is 9.92. The van der Waals surface area contributed by atoms with Gasteiger partial charge < -0.3 is 5.32 Å². The Morgan fingerprint density at radius 1 is 1.07 bits per heavy atom. The molecular formula is C21H30N4O3S. The number of aromatic nitrogens is 2. The van der Waals surface area contributed by atoms with Gasteiger partial charge in [-0.25, -0.2) is 13.1 Å². The molecule has 0 saturated carbocycles. The SMILES string of the molecule is CC(C)(C)c1cc(NC(=O)/C=C/c2ccc(NS(C)(=O)=O)cc2)n(C(C)(C)C)n1. The molecular weight excluding hydrogens is 388 g/mol. The number of rotatable bonds is 5. The van der Waals surface area contributed by atoms with Gasteiger partial charge in [0, 0.05) is 23.2 Å². The van der Waals surface area contributed by atoms with Crippen molar-refractivity contribution in [3.05, 3.63) is 47.7 Å². The maximum atomic E-state index is 12.4. The molecule has 0 bridgehead atoms. The van der Waals surface area contributed by atoms with Crippen LogP contribution < -0.4 is 10.0 Å². The Balaban J connectivity index is 2.15. The highest BCUT2D eigenvalue weighted by Gasteiger charge is 2.25. The van der Waals surface area contributed by atoms with Gasteiger partial charge in [-0.1, -0.05) is 32.9 Å². The molecule has 2 rings (SSSR count). The summed E-state index contributed by atoms with van der Waals surface area (Å²) in [5.74, 6) is 0.374. The zero-order chi connectivity index (χ0) is 22.0. The summed E-state index contributed by atoms with van der Waals surface area (Å²) in [5.41, 5.74) is 1.74. The van der Waals surface area contributed by atoms with E-state index in [4.69, 9.17) is 0 Å². The van der Waals surface area contributed by atoms with Crippen LogP contribution >= 0.6 is 0 Å². The van der Waals surface area contributed by atoms with E-state index in [0.29, 0.717) is 11.5 Å². The Labute approximate surface area is 173 Å². The van der Waals surface area contributed by atoms with E-state index in [2.05, 4.69) is 35.9 Å². The fourth-order valence-electron chi connectivity index (χ4n) is 2.56. The summed E-state index contributed by atoms with van der Waals surface area (Å²) in [5, 5.41) is 7.59. The molecule has 158 valence electrons. The van der Waals surface area contributed by atoms with Gasteiger partial charge >= 0.3 is 0 Å². The number of amides is 1. The average Bonchev–Trinajstić information content (AvgIpc) is 2.97. The number of benzene rings is 1. The maximum Gasteiger partial charge on any atom is 0.249 e. The van der Waals surface area contributed by atoms with Crippen LogP contribution in [0.2, 0.25) is 0 Å². The number of hydrogen-bond donors (Lipinski definition) is 2. The van der Waals surface area contributed by atoms with Gasteiger partial charge in [-0.05, 0) is 44.5 Å². The van der Waals surface area contributed by atoms with Crippen LogP contribution in [0.25, 0.3) is 6.08 Å². The van der Waals surface area contributed by atoms with Crippen LogP contribution in [0.4, 0.5) is 11.5 Å². The van der Waals surface area contributed by atoms with Crippen molar-refractivity contribution in [2.75, 3.05) is 16.3 Å². The van der Waals surface area contributed by atoms with E-state index in [9.17, 15) is 13.2 Å². The standard InChI is InChI=1S/C21H30N4O3S/c1-20(2,3)17-14-18(25(23-17)21(4,5)6)22-19(26)13-10-15-8-11-16(12-9-15)24-29(7,27)28/h8-14,24H,1-7H3,(H,22,26)/b13-10+. The average molecular weight is 419 g/mol. The van der Waals surface area contributed by atoms with Gasteiger partial charge in [0.25, 0.3) is 0 Å². The molecule has 29 heavy (non-hydrogen) atoms. The third kappa shape index (κ3) is 6.74. The molecule has 2 aromatic rings. The third-order valence-corrected chi connectivity index (χ3v) is 4.61. The zero-order valence-corrected chi connectivity index (χ0v) is 18.9. The summed E-state index contributed by atoms with van der Waals surface area (Å²) < 4.78 is 26.7. The van der Waals surface area contributed by atoms with Crippen molar-refractivity contribution >= 4 is 33.5 Å². The van der Waals surface area contributed by atoms with E-state index >= 15 is 0 Å². The van der Waals surface area contributed by atoms with Gasteiger partial charge in [-0.2, -0.15) is 5.10 Å². The van der Waals surface area contributed by atoms with Crippen molar-refractivity contribution in [2.45, 2.75) is 52.5 Å². The van der Waals surface area contributed by atoms with Crippen LogP contribution in [-0.2, 0) is 25.8 Å². The van der Waals surface area contributed by atoms with Crippen molar-refractivity contribution in [1.29, 1.82) is 0 Å². The number of carbonyl (C=O) groups excluding carboxylic acids is 1. The predicted octanol–water partition coefficient (Wildman–Crippen LogP) is 3.96. The minimum atomic E-state index is -3.32. The fourth-order valence-corrected chi connectivity index (χ4v) is 3.13. The second kappa shape index (κ2) is 8.02. The van der Waals surface area contributed by atoms with E-state index in [1.807, 2.05) is 31.5 Å². The minimum absolute atomic E-state index is 0.131. The summed E-state index contributed by atoms with van der Waals surface area (Å²) in [7, 11) is -3.32. The Kier molecular flexibility index (Phi) is 6.27. The first-order valence-corrected chi connectivity index (χ1v) is 11.2. The van der Waals surface area contributed by atoms with Crippen LogP contribution in [-0.4, -0.2) is 30.4 Å². The molecule has 0 atom stereocenters. The second-order valence-electron chi connectivity index (χ2n) is 9.07. The first kappa shape index (κ1) is 22.7. The fraction of sp³-hybridized carbons (Fsp3) is 0.429. The summed E-state index contributed by atoms with van der Waals surface area (Å²) >= 11 is 0. The van der Waals surface area contributed by atoms with Crippen molar-refractivity contribution in [1.82, 2.24) is 9.78 Å². The second-order valence-corrected chi connectivity index (χ2v) is 10.8. The number of nitrogens with one attached hydrogen (secondary N) is 2. The molecule has 0 aliphatic carbocycles. The third-order valence-electron chi connectivity index (χ3n) is 4.01. The number of hydrogen-bond acceptors (Lipinski definition) is 4. The van der Waals surface area contributed by atoms with Crippen LogP contribution in [0, 0.1) is 0 Å². The number of sulfonamides is 1. The molecule has 1 heterocycles. The van der Waals surface area contributed by atoms with Gasteiger partial charge in [0.15, 0.2) is 0 Å². The van der Waals surface area contributed by atoms with E-state index < -0.39 is 10.0 Å². The predicted molar refractivity (Wildman–Crippen MR) is 118 cm³/mol. The largest absolute Gasteiger partial charge is 0.307 e. The monoisotopic (exact) mass is 418 g/mol. The normalized spacial score (nSPS) is 12.9. The molecule has 0 unspecified atom stereocenters. The summed E-state index contributed by atoms with van der Waals surface area (Å²) in [6.45, 7) is 12.3. The Morgan fingerprint density at radius 3 is 2.14 bits per heavy atom. The molecule has 0 aliphatic rings. The highest BCUT2D eigenvalue weighted by atomic mass is 32.2. The summed E-state index contributed by atoms with van der Waals surface area (Å²) in [6, 6.07) is 8.65. The van der Waals surface area contributed by atoms with Crippen molar-refractivity contribution in [2.24, 2.45) is 0 Å². The van der Waals surface area contributed by atoms with Gasteiger partial charge in [0.2, 0.25) is 15.9 Å². The molecule has 1 aromatic heterocycles. The quantitative estimate of drug-likeness (QED) is 0.719. The van der Waals surface area contributed by atoms with E-state index in [0.717, 1.165) is 17.5 Å². The van der Waals surface area contributed by atoms with Crippen LogP contribution in [0.15, 0.2) is 36.4 Å². The molecule has 1 aromatic carbocycles. The zero-order valence-electron chi connectivity index (χ0n) is 18.1. The lowest BCUT2D eigenvalue weighted by Gasteiger charge is -2.22. The van der Waals surface area contributed by atoms with Crippen LogP contribution in [0.3, 0.4) is 0 Å². The summed E-state index contributed by atoms with van der Waals surface area (Å²) in [4.78, 5) is 12.4. The number of nitrogens with zero attached hydrogens (tertiary/aromatic N) is 2. The first-order valence-electron chi connectivity index (χ1n) is 9.33. The van der Waals surface area contributed by atoms with E-state index in [1.165, 1.54) is 6.08 Å².